The van der Waals surface area contributed by atoms with Crippen molar-refractivity contribution in [3.05, 3.63) is 109 Å². The van der Waals surface area contributed by atoms with Gasteiger partial charge in [0.05, 0.1) is 22.5 Å². The van der Waals surface area contributed by atoms with Crippen LogP contribution in [0.2, 0.25) is 0 Å². The number of H-pyrrole nitrogens is 1. The third-order valence-electron chi connectivity index (χ3n) is 9.69. The van der Waals surface area contributed by atoms with Crippen LogP contribution < -0.4 is 14.5 Å². The number of rotatable bonds is 5. The molecule has 0 spiro atoms. The van der Waals surface area contributed by atoms with Crippen LogP contribution in [0.25, 0.3) is 0 Å². The second-order valence-corrected chi connectivity index (χ2v) is 14.8. The molecule has 6 unspecified atom stereocenters. The molecule has 1 N–H and O–H groups in total. The number of hydrogen-bond acceptors (Lipinski definition) is 6. The number of anilines is 1. The van der Waals surface area contributed by atoms with E-state index in [9.17, 15) is 14.4 Å². The summed E-state index contributed by atoms with van der Waals surface area (Å²) in [4.78, 5) is 46.0. The Hall–Kier alpha value is -3.14. The molecule has 1 saturated heterocycles. The number of hydrogen-bond donors (Lipinski definition) is 1. The molecule has 2 aliphatic heterocycles. The maximum atomic E-state index is 14.0. The highest BCUT2D eigenvalue weighted by atomic mass is 79.9. The van der Waals surface area contributed by atoms with Gasteiger partial charge in [-0.2, -0.15) is 0 Å². The van der Waals surface area contributed by atoms with Crippen LogP contribution in [0, 0.1) is 36.5 Å². The molecule has 4 aliphatic rings. The smallest absolute Gasteiger partial charge is 0.305 e. The molecule has 212 valence electrons. The highest BCUT2D eigenvalue weighted by Crippen LogP contribution is 2.69. The molecular weight excluding hydrogens is 632 g/mol. The van der Waals surface area contributed by atoms with Crippen molar-refractivity contribution < 1.29 is 14.3 Å². The summed E-state index contributed by atoms with van der Waals surface area (Å²) in [5.74, 6) is 0.0627. The molecule has 2 saturated carbocycles. The van der Waals surface area contributed by atoms with E-state index in [2.05, 4.69) is 46.0 Å². The predicted octanol–water partition coefficient (Wildman–Crippen LogP) is 6.76. The lowest BCUT2D eigenvalue weighted by Gasteiger charge is -2.43. The molecule has 2 bridgehead atoms. The van der Waals surface area contributed by atoms with Gasteiger partial charge in [0, 0.05) is 26.1 Å². The van der Waals surface area contributed by atoms with E-state index in [1.54, 1.807) is 11.8 Å². The zero-order chi connectivity index (χ0) is 28.7. The number of ether oxygens (including phenoxy) is 1. The van der Waals surface area contributed by atoms with Crippen molar-refractivity contribution in [2.45, 2.75) is 36.1 Å². The van der Waals surface area contributed by atoms with Crippen molar-refractivity contribution in [3.8, 4) is 5.75 Å². The Labute approximate surface area is 259 Å². The summed E-state index contributed by atoms with van der Waals surface area (Å²) in [6.07, 6.45) is 0.848. The number of aromatic amines is 1. The maximum Gasteiger partial charge on any atom is 0.305 e. The lowest BCUT2D eigenvalue weighted by molar-refractivity contribution is -0.123. The summed E-state index contributed by atoms with van der Waals surface area (Å²) in [5, 5.41) is 1.01. The minimum Gasteiger partial charge on any atom is -0.489 e. The van der Waals surface area contributed by atoms with Crippen LogP contribution in [0.5, 0.6) is 5.75 Å². The second-order valence-electron chi connectivity index (χ2n) is 11.7. The fraction of sp³-hybridized carbons (Fsp3) is 0.303. The maximum absolute atomic E-state index is 14.0. The average molecular weight is 660 g/mol. The van der Waals surface area contributed by atoms with Crippen molar-refractivity contribution >= 4 is 56.5 Å². The number of thiazole rings is 1. The van der Waals surface area contributed by atoms with E-state index >= 15 is 0 Å². The van der Waals surface area contributed by atoms with Gasteiger partial charge in [-0.15, -0.1) is 11.8 Å². The highest BCUT2D eigenvalue weighted by molar-refractivity contribution is 9.10. The molecule has 0 radical (unpaired) electrons. The van der Waals surface area contributed by atoms with Gasteiger partial charge in [-0.3, -0.25) is 19.3 Å². The number of thioether (sulfide) groups is 1. The number of fused-ring (bicyclic) bond motifs is 9. The standard InChI is InChI=1S/C33H27BrN2O4S2/c1-16-7-5-6-8-17(16)15-40-23-12-11-18(34)13-20(23)24-25-21-14-22(28(25)41-30-29(24)42-33(39)35-30)27-26(21)31(37)36(32(27)38)19-9-3-2-4-10-19/h2-13,21-22,24-28H,14-15H2,1H3,(H,35,39)/t21?,22?,24-,25?,26?,27?,28?/m1/s1. The number of halogens is 1. The van der Waals surface area contributed by atoms with Gasteiger partial charge in [-0.05, 0) is 72.6 Å². The van der Waals surface area contributed by atoms with E-state index in [0.29, 0.717) is 12.3 Å². The van der Waals surface area contributed by atoms with E-state index < -0.39 is 0 Å². The predicted molar refractivity (Wildman–Crippen MR) is 167 cm³/mol. The Balaban J connectivity index is 1.21. The fourth-order valence-electron chi connectivity index (χ4n) is 8.02. The number of nitrogens with zero attached hydrogens (tertiary/aromatic N) is 1. The molecule has 42 heavy (non-hydrogen) atoms. The number of aromatic nitrogens is 1. The number of aryl methyl sites for hydroxylation is 1. The third-order valence-corrected chi connectivity index (χ3v) is 12.8. The van der Waals surface area contributed by atoms with Crippen molar-refractivity contribution in [2.24, 2.45) is 29.6 Å². The quantitative estimate of drug-likeness (QED) is 0.240. The van der Waals surface area contributed by atoms with Crippen LogP contribution in [-0.2, 0) is 16.2 Å². The van der Waals surface area contributed by atoms with E-state index in [0.717, 1.165) is 37.7 Å². The molecule has 3 heterocycles. The van der Waals surface area contributed by atoms with Crippen LogP contribution in [-0.4, -0.2) is 22.0 Å². The molecule has 3 fully saturated rings. The Kier molecular flexibility index (Phi) is 6.28. The summed E-state index contributed by atoms with van der Waals surface area (Å²) in [7, 11) is 0. The number of nitrogens with one attached hydrogen (secondary N) is 1. The molecule has 3 aromatic carbocycles. The Bertz CT molecular complexity index is 1800. The Morgan fingerprint density at radius 1 is 0.952 bits per heavy atom. The number of amides is 2. The van der Waals surface area contributed by atoms with Crippen molar-refractivity contribution in [1.29, 1.82) is 0 Å². The number of imide groups is 1. The van der Waals surface area contributed by atoms with E-state index in [1.165, 1.54) is 21.8 Å². The minimum absolute atomic E-state index is 0.0428. The van der Waals surface area contributed by atoms with Gasteiger partial charge < -0.3 is 9.72 Å². The average Bonchev–Trinajstić information content (AvgIpc) is 3.72. The Morgan fingerprint density at radius 2 is 1.69 bits per heavy atom. The monoisotopic (exact) mass is 658 g/mol. The molecule has 9 heteroatoms. The second kappa shape index (κ2) is 9.96. The van der Waals surface area contributed by atoms with Crippen LogP contribution in [0.3, 0.4) is 0 Å². The van der Waals surface area contributed by atoms with E-state index in [-0.39, 0.29) is 57.4 Å². The molecular formula is C33H27BrN2O4S2. The van der Waals surface area contributed by atoms with Crippen LogP contribution in [0.15, 0.2) is 87.1 Å². The number of benzene rings is 3. The number of carbonyl (C=O) groups is 2. The molecule has 6 nitrogen and oxygen atoms in total. The molecule has 7 atom stereocenters. The van der Waals surface area contributed by atoms with Gasteiger partial charge in [-0.25, -0.2) is 0 Å². The largest absolute Gasteiger partial charge is 0.489 e. The number of carbonyl (C=O) groups excluding carboxylic acids is 2. The third kappa shape index (κ3) is 3.93. The molecule has 2 aliphatic carbocycles. The first-order valence-corrected chi connectivity index (χ1v) is 16.7. The van der Waals surface area contributed by atoms with Gasteiger partial charge >= 0.3 is 4.87 Å². The van der Waals surface area contributed by atoms with Gasteiger partial charge in [0.2, 0.25) is 11.8 Å². The highest BCUT2D eigenvalue weighted by Gasteiger charge is 2.69. The first kappa shape index (κ1) is 26.5. The fourth-order valence-corrected chi connectivity index (χ4v) is 11.3. The molecule has 4 aromatic rings. The zero-order valence-corrected chi connectivity index (χ0v) is 25.9. The van der Waals surface area contributed by atoms with Gasteiger partial charge in [-0.1, -0.05) is 69.7 Å². The van der Waals surface area contributed by atoms with Crippen LogP contribution >= 0.6 is 39.0 Å². The van der Waals surface area contributed by atoms with Crippen molar-refractivity contribution in [3.63, 3.8) is 0 Å². The first-order chi connectivity index (χ1) is 20.4. The van der Waals surface area contributed by atoms with Crippen molar-refractivity contribution in [2.75, 3.05) is 4.90 Å². The summed E-state index contributed by atoms with van der Waals surface area (Å²) in [6.45, 7) is 2.51. The van der Waals surface area contributed by atoms with Gasteiger partial charge in [0.1, 0.15) is 12.4 Å². The van der Waals surface area contributed by atoms with Gasteiger partial charge in [0.15, 0.2) is 0 Å². The summed E-state index contributed by atoms with van der Waals surface area (Å²) in [6, 6.07) is 23.6. The number of para-hydroxylation sites is 1. The lowest BCUT2D eigenvalue weighted by atomic mass is 9.68. The van der Waals surface area contributed by atoms with Crippen molar-refractivity contribution in [1.82, 2.24) is 4.98 Å². The first-order valence-electron chi connectivity index (χ1n) is 14.2. The summed E-state index contributed by atoms with van der Waals surface area (Å²) in [5.41, 5.74) is 3.96. The minimum atomic E-state index is -0.340. The SMILES string of the molecule is Cc1ccccc1COc1ccc(Br)cc1[C@H]1c2sc(=O)[nH]c2SC2C3CC(C4C(=O)N(c5ccccc5)C(=O)C34)C21. The lowest BCUT2D eigenvalue weighted by Crippen LogP contribution is -2.42. The summed E-state index contributed by atoms with van der Waals surface area (Å²) >= 11 is 6.65. The van der Waals surface area contributed by atoms with Gasteiger partial charge in [0.25, 0.3) is 0 Å². The normalized spacial score (nSPS) is 29.0. The van der Waals surface area contributed by atoms with E-state index in [1.807, 2.05) is 54.6 Å². The summed E-state index contributed by atoms with van der Waals surface area (Å²) < 4.78 is 7.46. The molecule has 1 aromatic heterocycles. The zero-order valence-electron chi connectivity index (χ0n) is 22.7. The molecule has 2 amide bonds. The Morgan fingerprint density at radius 3 is 2.48 bits per heavy atom. The topological polar surface area (TPSA) is 79.5 Å². The van der Waals surface area contributed by atoms with Crippen LogP contribution in [0.1, 0.15) is 33.9 Å². The molecule has 8 rings (SSSR count). The van der Waals surface area contributed by atoms with Crippen LogP contribution in [0.4, 0.5) is 5.69 Å². The van der Waals surface area contributed by atoms with E-state index in [4.69, 9.17) is 4.74 Å².